The summed E-state index contributed by atoms with van der Waals surface area (Å²) in [5.41, 5.74) is 4.52. The lowest BCUT2D eigenvalue weighted by Gasteiger charge is -2.13. The molecule has 0 amide bonds. The Bertz CT molecular complexity index is 1970. The van der Waals surface area contributed by atoms with Gasteiger partial charge >= 0.3 is 0 Å². The maximum atomic E-state index is 9.96. The molecule has 0 aliphatic heterocycles. The minimum atomic E-state index is -0.221. The van der Waals surface area contributed by atoms with E-state index in [1.54, 1.807) is 12.1 Å². The number of fused-ring (bicyclic) bond motifs is 6. The standard InChI is InChI=1S/C30H8N8/c1-35-17-7-21-19(24(8-17)36-2)10-23-28(21)29(25(13-33)37-3)22-9-18-16(12-32)5-15(11-31)6-20(18)27(22)30(23)26(14-34)38-4/h5-8H,9-10H2/b29-25-,30-26+. The average molecular weight is 480 g/mol. The molecule has 5 rings (SSSR count). The van der Waals surface area contributed by atoms with Gasteiger partial charge in [-0.15, -0.1) is 0 Å². The van der Waals surface area contributed by atoms with Crippen LogP contribution in [0.1, 0.15) is 33.4 Å². The van der Waals surface area contributed by atoms with Crippen molar-refractivity contribution in [3.63, 3.8) is 0 Å². The summed E-state index contributed by atoms with van der Waals surface area (Å²) in [6.45, 7) is 30.7. The summed E-state index contributed by atoms with van der Waals surface area (Å²) in [5.74, 6) is 0. The third-order valence-electron chi connectivity index (χ3n) is 6.82. The zero-order chi connectivity index (χ0) is 27.1. The fourth-order valence-corrected chi connectivity index (χ4v) is 5.42. The SMILES string of the molecule is [C-]#[N+]/C(C#N)=c1/c2c(/c(=C(\C#N)[N+]#[C-])c3c1-c1cc([N+]#[C-])cc([N+]#[C-])c1C3)-c1cc(C#N)cc(C#N)c1C2. The van der Waals surface area contributed by atoms with Crippen LogP contribution in [0.15, 0.2) is 24.3 Å². The van der Waals surface area contributed by atoms with Crippen LogP contribution in [0.4, 0.5) is 11.4 Å². The van der Waals surface area contributed by atoms with E-state index in [1.807, 2.05) is 18.2 Å². The molecule has 0 saturated carbocycles. The molecule has 0 N–H and O–H groups in total. The molecule has 8 nitrogen and oxygen atoms in total. The Kier molecular flexibility index (Phi) is 5.17. The van der Waals surface area contributed by atoms with Gasteiger partial charge in [-0.05, 0) is 69.5 Å². The van der Waals surface area contributed by atoms with Crippen molar-refractivity contribution in [2.24, 2.45) is 0 Å². The second kappa shape index (κ2) is 8.52. The van der Waals surface area contributed by atoms with Gasteiger partial charge in [0.15, 0.2) is 11.4 Å². The largest absolute Gasteiger partial charge is 0.269 e. The van der Waals surface area contributed by atoms with Gasteiger partial charge in [-0.1, -0.05) is 12.1 Å². The van der Waals surface area contributed by atoms with Gasteiger partial charge in [0.2, 0.25) is 0 Å². The van der Waals surface area contributed by atoms with Crippen molar-refractivity contribution in [3.05, 3.63) is 114 Å². The average Bonchev–Trinajstić information content (AvgIpc) is 3.52. The lowest BCUT2D eigenvalue weighted by molar-refractivity contribution is 1.19. The van der Waals surface area contributed by atoms with E-state index in [0.717, 1.165) is 0 Å². The Morgan fingerprint density at radius 2 is 1.24 bits per heavy atom. The molecule has 3 aromatic rings. The molecule has 0 aromatic heterocycles. The Morgan fingerprint density at radius 3 is 1.71 bits per heavy atom. The zero-order valence-corrected chi connectivity index (χ0v) is 19.3. The van der Waals surface area contributed by atoms with Crippen LogP contribution < -0.4 is 10.4 Å². The summed E-state index contributed by atoms with van der Waals surface area (Å²) < 4.78 is 0. The van der Waals surface area contributed by atoms with Crippen molar-refractivity contribution >= 4 is 22.8 Å². The van der Waals surface area contributed by atoms with Crippen molar-refractivity contribution in [1.82, 2.24) is 0 Å². The number of hydrogen-bond acceptors (Lipinski definition) is 4. The highest BCUT2D eigenvalue weighted by molar-refractivity contribution is 5.95. The number of benzene rings is 3. The van der Waals surface area contributed by atoms with E-state index >= 15 is 0 Å². The molecule has 8 heteroatoms. The molecule has 38 heavy (non-hydrogen) atoms. The molecule has 0 spiro atoms. The lowest BCUT2D eigenvalue weighted by Crippen LogP contribution is -2.25. The van der Waals surface area contributed by atoms with Crippen molar-refractivity contribution in [2.45, 2.75) is 12.8 Å². The van der Waals surface area contributed by atoms with E-state index in [0.29, 0.717) is 54.9 Å². The molecular formula is C30H8N8. The summed E-state index contributed by atoms with van der Waals surface area (Å²) in [5, 5.41) is 40.0. The van der Waals surface area contributed by atoms with Crippen LogP contribution in [-0.2, 0) is 12.8 Å². The van der Waals surface area contributed by atoms with E-state index in [2.05, 4.69) is 25.4 Å². The topological polar surface area (TPSA) is 113 Å². The Balaban J connectivity index is 2.16. The van der Waals surface area contributed by atoms with Crippen LogP contribution >= 0.6 is 0 Å². The minimum Gasteiger partial charge on any atom is -0.239 e. The summed E-state index contributed by atoms with van der Waals surface area (Å²) >= 11 is 0. The van der Waals surface area contributed by atoms with Crippen LogP contribution in [0, 0.1) is 71.6 Å². The smallest absolute Gasteiger partial charge is 0.239 e. The normalized spacial score (nSPS) is 12.6. The number of rotatable bonds is 0. The van der Waals surface area contributed by atoms with Gasteiger partial charge in [-0.3, -0.25) is 0 Å². The molecule has 0 radical (unpaired) electrons. The van der Waals surface area contributed by atoms with Crippen molar-refractivity contribution < 1.29 is 0 Å². The Hall–Kier alpha value is -6.68. The van der Waals surface area contributed by atoms with E-state index in [4.69, 9.17) is 26.3 Å². The molecule has 2 aliphatic rings. The summed E-state index contributed by atoms with van der Waals surface area (Å²) in [7, 11) is 0. The lowest BCUT2D eigenvalue weighted by atomic mass is 9.90. The van der Waals surface area contributed by atoms with Gasteiger partial charge in [-0.2, -0.15) is 10.5 Å². The van der Waals surface area contributed by atoms with Crippen LogP contribution in [0.3, 0.4) is 0 Å². The van der Waals surface area contributed by atoms with Crippen molar-refractivity contribution in [1.29, 1.82) is 21.0 Å². The fourth-order valence-electron chi connectivity index (χ4n) is 5.42. The third kappa shape index (κ3) is 2.95. The monoisotopic (exact) mass is 480 g/mol. The zero-order valence-electron chi connectivity index (χ0n) is 19.3. The first-order valence-electron chi connectivity index (χ1n) is 10.9. The number of hydrogen-bond donors (Lipinski definition) is 0. The van der Waals surface area contributed by atoms with Crippen LogP contribution in [0.25, 0.3) is 53.0 Å². The highest BCUT2D eigenvalue weighted by Gasteiger charge is 2.34. The summed E-state index contributed by atoms with van der Waals surface area (Å²) in [6.07, 6.45) is 0.284. The first-order valence-corrected chi connectivity index (χ1v) is 10.9. The van der Waals surface area contributed by atoms with Gasteiger partial charge in [0.25, 0.3) is 11.4 Å². The molecule has 0 fully saturated rings. The second-order valence-corrected chi connectivity index (χ2v) is 8.44. The van der Waals surface area contributed by atoms with Gasteiger partial charge < -0.3 is 0 Å². The molecule has 2 aliphatic carbocycles. The van der Waals surface area contributed by atoms with Crippen LogP contribution in [-0.4, -0.2) is 0 Å². The molecular weight excluding hydrogens is 472 g/mol. The first-order chi connectivity index (χ1) is 18.5. The van der Waals surface area contributed by atoms with Gasteiger partial charge in [-0.25, -0.2) is 29.9 Å². The Labute approximate surface area is 217 Å². The number of nitrogens with zero attached hydrogens (tertiary/aromatic N) is 8. The van der Waals surface area contributed by atoms with E-state index in [1.165, 1.54) is 12.1 Å². The van der Waals surface area contributed by atoms with Crippen molar-refractivity contribution in [2.75, 3.05) is 0 Å². The Morgan fingerprint density at radius 1 is 0.658 bits per heavy atom. The van der Waals surface area contributed by atoms with Crippen LogP contribution in [0.2, 0.25) is 0 Å². The predicted octanol–water partition coefficient (Wildman–Crippen LogP) is 4.78. The first kappa shape index (κ1) is 23.1. The predicted molar refractivity (Wildman–Crippen MR) is 135 cm³/mol. The minimum absolute atomic E-state index is 0.139. The summed E-state index contributed by atoms with van der Waals surface area (Å²) in [4.78, 5) is 14.0. The molecule has 0 heterocycles. The maximum absolute atomic E-state index is 9.96. The van der Waals surface area contributed by atoms with Gasteiger partial charge in [0.1, 0.15) is 0 Å². The maximum Gasteiger partial charge on any atom is 0.269 e. The highest BCUT2D eigenvalue weighted by Crippen LogP contribution is 2.45. The highest BCUT2D eigenvalue weighted by atomic mass is 14.7. The van der Waals surface area contributed by atoms with Crippen molar-refractivity contribution in [3.8, 4) is 46.5 Å². The molecule has 168 valence electrons. The van der Waals surface area contributed by atoms with Gasteiger partial charge in [0, 0.05) is 10.4 Å². The molecule has 0 unspecified atom stereocenters. The van der Waals surface area contributed by atoms with E-state index in [9.17, 15) is 21.0 Å². The number of nitriles is 4. The molecule has 0 bridgehead atoms. The second-order valence-electron chi connectivity index (χ2n) is 8.44. The molecule has 3 aromatic carbocycles. The van der Waals surface area contributed by atoms with E-state index in [-0.39, 0.29) is 46.7 Å². The van der Waals surface area contributed by atoms with Crippen LogP contribution in [0.5, 0.6) is 0 Å². The fraction of sp³-hybridized carbons (Fsp3) is 0.0667. The quantitative estimate of drug-likeness (QED) is 0.297. The molecule has 0 saturated heterocycles. The molecule has 0 atom stereocenters. The van der Waals surface area contributed by atoms with Gasteiger partial charge in [0.05, 0.1) is 61.7 Å². The summed E-state index contributed by atoms with van der Waals surface area (Å²) in [6, 6.07) is 14.2. The third-order valence-corrected chi connectivity index (χ3v) is 6.82. The van der Waals surface area contributed by atoms with E-state index < -0.39 is 0 Å².